The third kappa shape index (κ3) is 2.97. The molecule has 3 rings (SSSR count). The largest absolute Gasteiger partial charge is 0.451 e. The average molecular weight is 287 g/mol. The molecule has 1 heterocycles. The maximum atomic E-state index is 12.2. The summed E-state index contributed by atoms with van der Waals surface area (Å²) in [6.07, 6.45) is 2.59. The first-order valence-electron chi connectivity index (χ1n) is 7.15. The van der Waals surface area contributed by atoms with E-state index in [9.17, 15) is 14.7 Å². The molecule has 1 saturated carbocycles. The number of hydrogen-bond donors (Lipinski definition) is 2. The van der Waals surface area contributed by atoms with E-state index in [1.165, 1.54) is 6.07 Å². The van der Waals surface area contributed by atoms with Crippen molar-refractivity contribution in [1.82, 2.24) is 5.32 Å². The van der Waals surface area contributed by atoms with Crippen molar-refractivity contribution in [3.8, 4) is 0 Å². The van der Waals surface area contributed by atoms with Crippen molar-refractivity contribution < 1.29 is 14.3 Å². The minimum absolute atomic E-state index is 0.0256. The molecule has 2 aromatic rings. The lowest BCUT2D eigenvalue weighted by Gasteiger charge is -2.25. The van der Waals surface area contributed by atoms with Gasteiger partial charge < -0.3 is 14.8 Å². The molecular weight excluding hydrogens is 270 g/mol. The van der Waals surface area contributed by atoms with E-state index in [0.29, 0.717) is 23.8 Å². The molecule has 0 spiro atoms. The molecular formula is C16H17NO4. The Morgan fingerprint density at radius 2 is 1.90 bits per heavy atom. The van der Waals surface area contributed by atoms with Gasteiger partial charge in [-0.1, -0.05) is 12.1 Å². The monoisotopic (exact) mass is 287 g/mol. The Bertz CT molecular complexity index is 714. The number of para-hydroxylation sites is 1. The fraction of sp³-hybridized carbons (Fsp3) is 0.375. The van der Waals surface area contributed by atoms with Crippen LogP contribution in [0.25, 0.3) is 11.0 Å². The number of hydrogen-bond acceptors (Lipinski definition) is 4. The summed E-state index contributed by atoms with van der Waals surface area (Å²) in [5.41, 5.74) is 0.190. The molecule has 0 aliphatic heterocycles. The van der Waals surface area contributed by atoms with Gasteiger partial charge in [-0.15, -0.1) is 0 Å². The molecule has 1 fully saturated rings. The third-order valence-corrected chi connectivity index (χ3v) is 3.89. The molecule has 1 aliphatic carbocycles. The number of carbonyl (C=O) groups excluding carboxylic acids is 1. The van der Waals surface area contributed by atoms with Crippen LogP contribution in [0.5, 0.6) is 0 Å². The van der Waals surface area contributed by atoms with Crippen molar-refractivity contribution >= 4 is 16.9 Å². The predicted molar refractivity (Wildman–Crippen MR) is 78.2 cm³/mol. The highest BCUT2D eigenvalue weighted by molar-refractivity contribution is 5.93. The van der Waals surface area contributed by atoms with Gasteiger partial charge in [0.1, 0.15) is 5.58 Å². The predicted octanol–water partition coefficient (Wildman–Crippen LogP) is 1.83. The second-order valence-corrected chi connectivity index (χ2v) is 5.45. The summed E-state index contributed by atoms with van der Waals surface area (Å²) < 4.78 is 5.51. The minimum Gasteiger partial charge on any atom is -0.451 e. The molecule has 1 amide bonds. The molecule has 0 saturated heterocycles. The van der Waals surface area contributed by atoms with Crippen LogP contribution in [0, 0.1) is 0 Å². The topological polar surface area (TPSA) is 79.5 Å². The molecule has 2 N–H and O–H groups in total. The van der Waals surface area contributed by atoms with Crippen LogP contribution in [-0.2, 0) is 0 Å². The summed E-state index contributed by atoms with van der Waals surface area (Å²) in [6.45, 7) is 0. The highest BCUT2D eigenvalue weighted by atomic mass is 16.3. The second-order valence-electron chi connectivity index (χ2n) is 5.45. The van der Waals surface area contributed by atoms with Gasteiger partial charge in [0.2, 0.25) is 0 Å². The number of amides is 1. The molecule has 110 valence electrons. The summed E-state index contributed by atoms with van der Waals surface area (Å²) in [5, 5.41) is 12.8. The number of aliphatic hydroxyl groups excluding tert-OH is 1. The third-order valence-electron chi connectivity index (χ3n) is 3.89. The van der Waals surface area contributed by atoms with Crippen LogP contribution in [0.15, 0.2) is 39.5 Å². The maximum Gasteiger partial charge on any atom is 0.287 e. The lowest BCUT2D eigenvalue weighted by atomic mass is 9.93. The summed E-state index contributed by atoms with van der Waals surface area (Å²) >= 11 is 0. The fourth-order valence-corrected chi connectivity index (χ4v) is 2.69. The van der Waals surface area contributed by atoms with E-state index >= 15 is 0 Å². The lowest BCUT2D eigenvalue weighted by Crippen LogP contribution is -2.38. The average Bonchev–Trinajstić information content (AvgIpc) is 2.49. The van der Waals surface area contributed by atoms with Crippen molar-refractivity contribution in [2.24, 2.45) is 0 Å². The van der Waals surface area contributed by atoms with Crippen LogP contribution >= 0.6 is 0 Å². The van der Waals surface area contributed by atoms with Crippen LogP contribution in [0.3, 0.4) is 0 Å². The number of carbonyl (C=O) groups is 1. The van der Waals surface area contributed by atoms with Crippen molar-refractivity contribution in [1.29, 1.82) is 0 Å². The number of nitrogens with one attached hydrogen (secondary N) is 1. The maximum absolute atomic E-state index is 12.2. The SMILES string of the molecule is O=C(NC1CCC(O)CC1)c1cc(=O)c2ccccc2o1. The zero-order valence-electron chi connectivity index (χ0n) is 11.5. The summed E-state index contributed by atoms with van der Waals surface area (Å²) in [5.74, 6) is -0.343. The Kier molecular flexibility index (Phi) is 3.75. The van der Waals surface area contributed by atoms with Gasteiger partial charge in [0.05, 0.1) is 11.5 Å². The van der Waals surface area contributed by atoms with Gasteiger partial charge in [-0.2, -0.15) is 0 Å². The molecule has 0 atom stereocenters. The number of aliphatic hydroxyl groups is 1. The van der Waals surface area contributed by atoms with Gasteiger partial charge in [0.25, 0.3) is 5.91 Å². The Hall–Kier alpha value is -2.14. The van der Waals surface area contributed by atoms with Crippen molar-refractivity contribution in [2.45, 2.75) is 37.8 Å². The van der Waals surface area contributed by atoms with Crippen LogP contribution in [0.2, 0.25) is 0 Å². The van der Waals surface area contributed by atoms with Crippen molar-refractivity contribution in [3.63, 3.8) is 0 Å². The van der Waals surface area contributed by atoms with Crippen LogP contribution < -0.4 is 10.7 Å². The summed E-state index contributed by atoms with van der Waals surface area (Å²) in [7, 11) is 0. The molecule has 0 radical (unpaired) electrons. The van der Waals surface area contributed by atoms with E-state index < -0.39 is 0 Å². The van der Waals surface area contributed by atoms with Crippen LogP contribution in [0.1, 0.15) is 36.2 Å². The first-order chi connectivity index (χ1) is 10.1. The molecule has 1 aliphatic rings. The summed E-state index contributed by atoms with van der Waals surface area (Å²) in [4.78, 5) is 24.2. The zero-order chi connectivity index (χ0) is 14.8. The highest BCUT2D eigenvalue weighted by Crippen LogP contribution is 2.19. The Morgan fingerprint density at radius 1 is 1.19 bits per heavy atom. The quantitative estimate of drug-likeness (QED) is 0.883. The Morgan fingerprint density at radius 3 is 2.67 bits per heavy atom. The number of fused-ring (bicyclic) bond motifs is 1. The van der Waals surface area contributed by atoms with Gasteiger partial charge in [-0.25, -0.2) is 0 Å². The molecule has 21 heavy (non-hydrogen) atoms. The standard InChI is InChI=1S/C16H17NO4/c18-11-7-5-10(6-8-11)17-16(20)15-9-13(19)12-3-1-2-4-14(12)21-15/h1-4,9-11,18H,5-8H2,(H,17,20). The van der Waals surface area contributed by atoms with E-state index in [1.54, 1.807) is 24.3 Å². The van der Waals surface area contributed by atoms with Crippen molar-refractivity contribution in [3.05, 3.63) is 46.3 Å². The van der Waals surface area contributed by atoms with E-state index in [4.69, 9.17) is 4.42 Å². The van der Waals surface area contributed by atoms with Crippen molar-refractivity contribution in [2.75, 3.05) is 0 Å². The van der Waals surface area contributed by atoms with Crippen LogP contribution in [0.4, 0.5) is 0 Å². The molecule has 1 aromatic carbocycles. The van der Waals surface area contributed by atoms with E-state index in [-0.39, 0.29) is 29.2 Å². The second kappa shape index (κ2) is 5.69. The van der Waals surface area contributed by atoms with Gasteiger partial charge in [-0.05, 0) is 37.8 Å². The van der Waals surface area contributed by atoms with Gasteiger partial charge in [0, 0.05) is 12.1 Å². The van der Waals surface area contributed by atoms with E-state index in [2.05, 4.69) is 5.32 Å². The first kappa shape index (κ1) is 13.8. The van der Waals surface area contributed by atoms with E-state index in [1.807, 2.05) is 0 Å². The molecule has 1 aromatic heterocycles. The number of benzene rings is 1. The zero-order valence-corrected chi connectivity index (χ0v) is 11.5. The van der Waals surface area contributed by atoms with Gasteiger partial charge >= 0.3 is 0 Å². The summed E-state index contributed by atoms with van der Waals surface area (Å²) in [6, 6.07) is 8.12. The van der Waals surface area contributed by atoms with Gasteiger partial charge in [0.15, 0.2) is 11.2 Å². The first-order valence-corrected chi connectivity index (χ1v) is 7.15. The fourth-order valence-electron chi connectivity index (χ4n) is 2.69. The minimum atomic E-state index is -0.376. The Balaban J connectivity index is 1.80. The Labute approximate surface area is 121 Å². The molecule has 5 heteroatoms. The molecule has 5 nitrogen and oxygen atoms in total. The van der Waals surface area contributed by atoms with E-state index in [0.717, 1.165) is 12.8 Å². The van der Waals surface area contributed by atoms with Gasteiger partial charge in [-0.3, -0.25) is 9.59 Å². The van der Waals surface area contributed by atoms with Crippen LogP contribution in [-0.4, -0.2) is 23.2 Å². The smallest absolute Gasteiger partial charge is 0.287 e. The molecule has 0 bridgehead atoms. The normalized spacial score (nSPS) is 22.1. The molecule has 0 unspecified atom stereocenters. The highest BCUT2D eigenvalue weighted by Gasteiger charge is 2.22. The lowest BCUT2D eigenvalue weighted by molar-refractivity contribution is 0.0843. The number of rotatable bonds is 2.